The van der Waals surface area contributed by atoms with Gasteiger partial charge in [-0.05, 0) is 41.1 Å². The van der Waals surface area contributed by atoms with Crippen LogP contribution in [0.1, 0.15) is 22.4 Å². The van der Waals surface area contributed by atoms with Gasteiger partial charge < -0.3 is 10.4 Å². The number of benzene rings is 1. The molecule has 1 unspecified atom stereocenters. The smallest absolute Gasteiger partial charge is 0.355 e. The number of aromatic nitrogens is 1. The van der Waals surface area contributed by atoms with Crippen molar-refractivity contribution >= 4 is 57.7 Å². The molecule has 1 aromatic heterocycles. The van der Waals surface area contributed by atoms with E-state index in [-0.39, 0.29) is 6.37 Å². The number of pyridine rings is 1. The molecule has 1 atom stereocenters. The van der Waals surface area contributed by atoms with Gasteiger partial charge in [0.15, 0.2) is 17.3 Å². The highest BCUT2D eigenvalue weighted by Gasteiger charge is 2.37. The number of carbonyl (C=O) groups is 1. The fraction of sp³-hybridized carbons (Fsp3) is 0.118. The van der Waals surface area contributed by atoms with Crippen molar-refractivity contribution < 1.29 is 35.5 Å². The van der Waals surface area contributed by atoms with Gasteiger partial charge in [-0.15, -0.1) is 0 Å². The van der Waals surface area contributed by atoms with Gasteiger partial charge in [0, 0.05) is 17.5 Å². The van der Waals surface area contributed by atoms with E-state index in [1.807, 2.05) is 0 Å². The Morgan fingerprint density at radius 2 is 1.87 bits per heavy atom. The Morgan fingerprint density at radius 1 is 1.23 bits per heavy atom. The number of amides is 1. The maximum absolute atomic E-state index is 14.6. The molecule has 2 aromatic rings. The van der Waals surface area contributed by atoms with Crippen molar-refractivity contribution in [3.63, 3.8) is 0 Å². The third kappa shape index (κ3) is 5.70. The summed E-state index contributed by atoms with van der Waals surface area (Å²) < 4.78 is 95.1. The van der Waals surface area contributed by atoms with Gasteiger partial charge in [-0.3, -0.25) is 10.2 Å². The molecule has 0 spiro atoms. The molecule has 31 heavy (non-hydrogen) atoms. The highest BCUT2D eigenvalue weighted by atomic mass is 127. The van der Waals surface area contributed by atoms with Gasteiger partial charge >= 0.3 is 6.18 Å². The molecule has 5 nitrogen and oxygen atoms in total. The quantitative estimate of drug-likeness (QED) is 0.124. The standard InChI is InChI=1S/C17H11F7IN4OP/c1-6-10(19)5-27-14(17(22,23)24)12(6)28-16(30)9(18)4-7-2-3-8(15(21)26)13(11(7)20)29-31-25/h2-5,26,29,31H,1H3,(H,28,30)/b9-4-,26-15?. The van der Waals surface area contributed by atoms with Crippen molar-refractivity contribution in [3.05, 3.63) is 58.2 Å². The fourth-order valence-electron chi connectivity index (χ4n) is 2.38. The van der Waals surface area contributed by atoms with Crippen LogP contribution < -0.4 is 10.4 Å². The van der Waals surface area contributed by atoms with E-state index in [9.17, 15) is 35.5 Å². The van der Waals surface area contributed by atoms with Crippen molar-refractivity contribution in [3.8, 4) is 0 Å². The first kappa shape index (κ1) is 25.0. The SMILES string of the molecule is Cc1c(F)cnc(C(F)(F)F)c1NC(=O)/C(F)=C/c1ccc(C(=N)F)c(NPI)c1F. The number of nitrogens with zero attached hydrogens (tertiary/aromatic N) is 1. The number of rotatable bonds is 6. The minimum absolute atomic E-state index is 0.146. The first-order valence-corrected chi connectivity index (χ1v) is 12.1. The van der Waals surface area contributed by atoms with E-state index in [4.69, 9.17) is 5.41 Å². The lowest BCUT2D eigenvalue weighted by atomic mass is 10.1. The fourth-order valence-corrected chi connectivity index (χ4v) is 3.53. The normalized spacial score (nSPS) is 12.4. The number of alkyl halides is 3. The Bertz CT molecular complexity index is 1080. The van der Waals surface area contributed by atoms with Crippen LogP contribution in [0.3, 0.4) is 0 Å². The number of carbonyl (C=O) groups excluding carboxylic acids is 1. The molecule has 0 aliphatic carbocycles. The minimum atomic E-state index is -5.07. The Hall–Kier alpha value is -2.28. The van der Waals surface area contributed by atoms with Crippen molar-refractivity contribution in [1.82, 2.24) is 4.98 Å². The topological polar surface area (TPSA) is 77.9 Å². The Morgan fingerprint density at radius 3 is 2.42 bits per heavy atom. The first-order valence-electron chi connectivity index (χ1n) is 7.97. The molecule has 14 heteroatoms. The number of hydrogen-bond donors (Lipinski definition) is 3. The molecule has 166 valence electrons. The second-order valence-electron chi connectivity index (χ2n) is 5.82. The predicted octanol–water partition coefficient (Wildman–Crippen LogP) is 6.29. The molecule has 1 heterocycles. The van der Waals surface area contributed by atoms with Crippen LogP contribution in [-0.2, 0) is 11.0 Å². The summed E-state index contributed by atoms with van der Waals surface area (Å²) in [6, 6.07) is 1.84. The summed E-state index contributed by atoms with van der Waals surface area (Å²) in [7, 11) is 0. The van der Waals surface area contributed by atoms with E-state index < -0.39 is 69.3 Å². The highest BCUT2D eigenvalue weighted by molar-refractivity contribution is 14.2. The van der Waals surface area contributed by atoms with Crippen LogP contribution in [0.4, 0.5) is 42.1 Å². The van der Waals surface area contributed by atoms with Crippen molar-refractivity contribution in [2.75, 3.05) is 10.4 Å². The van der Waals surface area contributed by atoms with Crippen molar-refractivity contribution in [1.29, 1.82) is 5.41 Å². The van der Waals surface area contributed by atoms with Crippen molar-refractivity contribution in [2.24, 2.45) is 0 Å². The summed E-state index contributed by atoms with van der Waals surface area (Å²) in [5, 5.41) is 11.1. The molecule has 0 bridgehead atoms. The summed E-state index contributed by atoms with van der Waals surface area (Å²) >= 11 is 1.80. The molecular formula is C17H11F7IN4OP. The summed E-state index contributed by atoms with van der Waals surface area (Å²) in [4.78, 5) is 15.0. The first-order chi connectivity index (χ1) is 14.4. The third-order valence-corrected chi connectivity index (χ3v) is 5.02. The minimum Gasteiger partial charge on any atom is -0.355 e. The second-order valence-corrected chi connectivity index (χ2v) is 7.88. The Kier molecular flexibility index (Phi) is 7.98. The molecule has 1 amide bonds. The van der Waals surface area contributed by atoms with E-state index in [1.165, 1.54) is 0 Å². The molecule has 0 radical (unpaired) electrons. The van der Waals surface area contributed by atoms with E-state index >= 15 is 0 Å². The summed E-state index contributed by atoms with van der Waals surface area (Å²) in [5.74, 6) is -7.24. The Labute approximate surface area is 185 Å². The lowest BCUT2D eigenvalue weighted by Crippen LogP contribution is -2.20. The van der Waals surface area contributed by atoms with Crippen LogP contribution in [0, 0.1) is 24.0 Å². The van der Waals surface area contributed by atoms with Gasteiger partial charge in [0.05, 0.1) is 23.1 Å². The van der Waals surface area contributed by atoms with E-state index in [1.54, 1.807) is 27.4 Å². The second kappa shape index (κ2) is 9.90. The van der Waals surface area contributed by atoms with E-state index in [0.717, 1.165) is 19.1 Å². The zero-order valence-electron chi connectivity index (χ0n) is 15.2. The molecule has 1 aromatic carbocycles. The van der Waals surface area contributed by atoms with E-state index in [2.05, 4.69) is 10.1 Å². The summed E-state index contributed by atoms with van der Waals surface area (Å²) in [5.41, 5.74) is -4.79. The van der Waals surface area contributed by atoms with Gasteiger partial charge in [-0.1, -0.05) is 6.07 Å². The summed E-state index contributed by atoms with van der Waals surface area (Å²) in [6.07, 6.45) is -4.54. The molecule has 0 saturated carbocycles. The largest absolute Gasteiger partial charge is 0.435 e. The zero-order valence-corrected chi connectivity index (χ0v) is 18.3. The average Bonchev–Trinajstić information content (AvgIpc) is 2.67. The molecule has 2 rings (SSSR count). The zero-order chi connectivity index (χ0) is 23.5. The van der Waals surface area contributed by atoms with Crippen LogP contribution >= 0.6 is 28.4 Å². The molecular weight excluding hydrogens is 567 g/mol. The molecule has 0 fully saturated rings. The van der Waals surface area contributed by atoms with Crippen LogP contribution in [0.25, 0.3) is 6.08 Å². The van der Waals surface area contributed by atoms with E-state index in [0.29, 0.717) is 12.3 Å². The third-order valence-electron chi connectivity index (χ3n) is 3.86. The average molecular weight is 578 g/mol. The van der Waals surface area contributed by atoms with Gasteiger partial charge in [-0.2, -0.15) is 17.6 Å². The number of halogens is 8. The number of hydrogen-bond acceptors (Lipinski definition) is 4. The molecule has 3 N–H and O–H groups in total. The number of anilines is 2. The van der Waals surface area contributed by atoms with Crippen molar-refractivity contribution in [2.45, 2.75) is 13.1 Å². The van der Waals surface area contributed by atoms with Crippen LogP contribution in [0.15, 0.2) is 24.2 Å². The maximum atomic E-state index is 14.6. The lowest BCUT2D eigenvalue weighted by molar-refractivity contribution is -0.140. The molecule has 0 aliphatic heterocycles. The van der Waals surface area contributed by atoms with Gasteiger partial charge in [-0.25, -0.2) is 18.2 Å². The predicted molar refractivity (Wildman–Crippen MR) is 112 cm³/mol. The number of nitrogens with one attached hydrogen (secondary N) is 3. The maximum Gasteiger partial charge on any atom is 0.435 e. The summed E-state index contributed by atoms with van der Waals surface area (Å²) in [6.45, 7) is 0.927. The molecule has 0 saturated heterocycles. The highest BCUT2D eigenvalue weighted by Crippen LogP contribution is 2.36. The van der Waals surface area contributed by atoms with Gasteiger partial charge in [0.1, 0.15) is 5.82 Å². The van der Waals surface area contributed by atoms with Crippen LogP contribution in [0.2, 0.25) is 0 Å². The monoisotopic (exact) mass is 578 g/mol. The molecule has 0 aliphatic rings. The van der Waals surface area contributed by atoms with Crippen LogP contribution in [-0.4, -0.2) is 16.9 Å². The van der Waals surface area contributed by atoms with Gasteiger partial charge in [0.2, 0.25) is 5.97 Å². The Balaban J connectivity index is 2.45. The lowest BCUT2D eigenvalue weighted by Gasteiger charge is -2.15. The van der Waals surface area contributed by atoms with Gasteiger partial charge in [0.25, 0.3) is 5.91 Å². The van der Waals surface area contributed by atoms with Crippen LogP contribution in [0.5, 0.6) is 0 Å².